The molecule has 0 radical (unpaired) electrons. The van der Waals surface area contributed by atoms with Crippen molar-refractivity contribution >= 4 is 29.2 Å². The molecular formula is C12H12N2O3S. The Hall–Kier alpha value is -1.66. The van der Waals surface area contributed by atoms with Crippen LogP contribution in [-0.2, 0) is 11.3 Å². The molecule has 2 N–H and O–H groups in total. The fourth-order valence-electron chi connectivity index (χ4n) is 2.10. The second kappa shape index (κ2) is 4.22. The Morgan fingerprint density at radius 1 is 1.61 bits per heavy atom. The minimum Gasteiger partial charge on any atom is -0.478 e. The van der Waals surface area contributed by atoms with E-state index in [1.165, 1.54) is 0 Å². The third kappa shape index (κ3) is 1.83. The molecule has 0 aliphatic carbocycles. The number of aromatic amines is 1. The van der Waals surface area contributed by atoms with Crippen LogP contribution in [0, 0.1) is 4.77 Å². The highest BCUT2D eigenvalue weighted by Gasteiger charge is 2.20. The van der Waals surface area contributed by atoms with Crippen LogP contribution in [0.3, 0.4) is 0 Å². The smallest absolute Gasteiger partial charge is 0.335 e. The number of fused-ring (bicyclic) bond motifs is 1. The number of rotatable bonds is 3. The van der Waals surface area contributed by atoms with E-state index in [4.69, 9.17) is 22.1 Å². The van der Waals surface area contributed by atoms with Gasteiger partial charge in [0, 0.05) is 6.61 Å². The van der Waals surface area contributed by atoms with Crippen LogP contribution in [-0.4, -0.2) is 33.3 Å². The molecule has 3 rings (SSSR count). The first-order chi connectivity index (χ1) is 8.65. The molecule has 1 aromatic heterocycles. The van der Waals surface area contributed by atoms with Gasteiger partial charge in [-0.2, -0.15) is 0 Å². The maximum Gasteiger partial charge on any atom is 0.335 e. The van der Waals surface area contributed by atoms with Crippen LogP contribution >= 0.6 is 12.2 Å². The number of nitrogens with one attached hydrogen (secondary N) is 1. The molecule has 0 bridgehead atoms. The van der Waals surface area contributed by atoms with Gasteiger partial charge in [0.05, 0.1) is 29.2 Å². The number of H-pyrrole nitrogens is 1. The van der Waals surface area contributed by atoms with Gasteiger partial charge in [-0.05, 0) is 36.8 Å². The molecule has 5 nitrogen and oxygen atoms in total. The van der Waals surface area contributed by atoms with Crippen LogP contribution in [0.15, 0.2) is 18.2 Å². The van der Waals surface area contributed by atoms with Crippen molar-refractivity contribution in [3.8, 4) is 0 Å². The van der Waals surface area contributed by atoms with Gasteiger partial charge in [-0.15, -0.1) is 0 Å². The minimum absolute atomic E-state index is 0.184. The molecule has 1 atom stereocenters. The predicted molar refractivity (Wildman–Crippen MR) is 68.4 cm³/mol. The van der Waals surface area contributed by atoms with Crippen LogP contribution in [0.5, 0.6) is 0 Å². The van der Waals surface area contributed by atoms with E-state index in [9.17, 15) is 4.79 Å². The zero-order valence-corrected chi connectivity index (χ0v) is 10.4. The van der Waals surface area contributed by atoms with E-state index in [0.29, 0.717) is 11.3 Å². The average Bonchev–Trinajstić information content (AvgIpc) is 2.58. The highest BCUT2D eigenvalue weighted by molar-refractivity contribution is 7.71. The molecule has 1 fully saturated rings. The Kier molecular flexibility index (Phi) is 2.68. The summed E-state index contributed by atoms with van der Waals surface area (Å²) in [6, 6.07) is 4.95. The van der Waals surface area contributed by atoms with Crippen molar-refractivity contribution < 1.29 is 14.6 Å². The minimum atomic E-state index is -0.935. The van der Waals surface area contributed by atoms with E-state index in [0.717, 1.165) is 24.1 Å². The van der Waals surface area contributed by atoms with Crippen molar-refractivity contribution in [3.05, 3.63) is 28.5 Å². The summed E-state index contributed by atoms with van der Waals surface area (Å²) in [6.45, 7) is 1.46. The molecule has 0 amide bonds. The van der Waals surface area contributed by atoms with E-state index in [-0.39, 0.29) is 11.7 Å². The number of imidazole rings is 1. The van der Waals surface area contributed by atoms with E-state index >= 15 is 0 Å². The molecular weight excluding hydrogens is 252 g/mol. The number of carbonyl (C=O) groups is 1. The molecule has 2 aromatic rings. The van der Waals surface area contributed by atoms with Crippen LogP contribution in [0.2, 0.25) is 0 Å². The second-order valence-electron chi connectivity index (χ2n) is 4.36. The van der Waals surface area contributed by atoms with Gasteiger partial charge in [0.2, 0.25) is 0 Å². The largest absolute Gasteiger partial charge is 0.478 e. The molecule has 1 aromatic carbocycles. The molecule has 0 unspecified atom stereocenters. The van der Waals surface area contributed by atoms with Crippen molar-refractivity contribution in [2.24, 2.45) is 0 Å². The topological polar surface area (TPSA) is 67.2 Å². The molecule has 1 aliphatic heterocycles. The molecule has 1 aliphatic rings. The van der Waals surface area contributed by atoms with Gasteiger partial charge < -0.3 is 19.4 Å². The number of aromatic carboxylic acids is 1. The van der Waals surface area contributed by atoms with Crippen molar-refractivity contribution in [2.45, 2.75) is 19.1 Å². The van der Waals surface area contributed by atoms with Crippen molar-refractivity contribution in [1.82, 2.24) is 9.55 Å². The first-order valence-electron chi connectivity index (χ1n) is 5.72. The van der Waals surface area contributed by atoms with Crippen molar-refractivity contribution in [1.29, 1.82) is 0 Å². The molecule has 94 valence electrons. The second-order valence-corrected chi connectivity index (χ2v) is 4.75. The number of hydrogen-bond acceptors (Lipinski definition) is 3. The summed E-state index contributed by atoms with van der Waals surface area (Å²) in [5.41, 5.74) is 1.93. The summed E-state index contributed by atoms with van der Waals surface area (Å²) >= 11 is 5.26. The van der Waals surface area contributed by atoms with Gasteiger partial charge in [-0.1, -0.05) is 0 Å². The quantitative estimate of drug-likeness (QED) is 0.834. The predicted octanol–water partition coefficient (Wildman–Crippen LogP) is 2.19. The average molecular weight is 264 g/mol. The summed E-state index contributed by atoms with van der Waals surface area (Å²) in [5.74, 6) is -0.935. The Bertz CT molecular complexity index is 670. The fourth-order valence-corrected chi connectivity index (χ4v) is 2.38. The van der Waals surface area contributed by atoms with Gasteiger partial charge in [0.15, 0.2) is 4.77 Å². The zero-order valence-electron chi connectivity index (χ0n) is 9.55. The molecule has 0 saturated carbocycles. The summed E-state index contributed by atoms with van der Waals surface area (Å²) in [7, 11) is 0. The Morgan fingerprint density at radius 3 is 3.00 bits per heavy atom. The van der Waals surface area contributed by atoms with Gasteiger partial charge in [-0.3, -0.25) is 0 Å². The number of nitrogens with zero attached hydrogens (tertiary/aromatic N) is 1. The summed E-state index contributed by atoms with van der Waals surface area (Å²) in [5, 5.41) is 9.01. The van der Waals surface area contributed by atoms with Crippen LogP contribution < -0.4 is 0 Å². The fraction of sp³-hybridized carbons (Fsp3) is 0.333. The number of hydrogen-bond donors (Lipinski definition) is 2. The molecule has 2 heterocycles. The molecule has 18 heavy (non-hydrogen) atoms. The third-order valence-corrected chi connectivity index (χ3v) is 3.52. The Labute approximate surface area is 108 Å². The van der Waals surface area contributed by atoms with Gasteiger partial charge in [0.25, 0.3) is 0 Å². The first kappa shape index (κ1) is 11.4. The molecule has 6 heteroatoms. The monoisotopic (exact) mass is 264 g/mol. The molecule has 0 spiro atoms. The number of carboxylic acids is 1. The maximum atomic E-state index is 11.0. The van der Waals surface area contributed by atoms with Gasteiger partial charge in [-0.25, -0.2) is 4.79 Å². The summed E-state index contributed by atoms with van der Waals surface area (Å²) in [4.78, 5) is 14.1. The Morgan fingerprint density at radius 2 is 2.39 bits per heavy atom. The first-order valence-corrected chi connectivity index (χ1v) is 6.13. The maximum absolute atomic E-state index is 11.0. The lowest BCUT2D eigenvalue weighted by atomic mass is 10.1. The lowest BCUT2D eigenvalue weighted by molar-refractivity contribution is -0.0588. The lowest BCUT2D eigenvalue weighted by Crippen LogP contribution is -2.31. The highest BCUT2D eigenvalue weighted by Crippen LogP contribution is 2.20. The number of carboxylic acid groups (broad SMARTS) is 1. The zero-order chi connectivity index (χ0) is 12.7. The van der Waals surface area contributed by atoms with Crippen LogP contribution in [0.25, 0.3) is 11.0 Å². The van der Waals surface area contributed by atoms with Crippen LogP contribution in [0.4, 0.5) is 0 Å². The lowest BCUT2D eigenvalue weighted by Gasteiger charge is -2.26. The van der Waals surface area contributed by atoms with E-state index in [1.54, 1.807) is 18.2 Å². The van der Waals surface area contributed by atoms with Crippen molar-refractivity contribution in [3.63, 3.8) is 0 Å². The number of benzene rings is 1. The van der Waals surface area contributed by atoms with Gasteiger partial charge in [0.1, 0.15) is 0 Å². The van der Waals surface area contributed by atoms with E-state index in [2.05, 4.69) is 4.98 Å². The van der Waals surface area contributed by atoms with E-state index in [1.807, 2.05) is 4.57 Å². The number of ether oxygens (including phenoxy) is 1. The third-order valence-electron chi connectivity index (χ3n) is 3.20. The Balaban J connectivity index is 2.09. The normalized spacial score (nSPS) is 18.8. The SMILES string of the molecule is O=C(O)c1ccc2[nH]c(=S)n(C[C@@H]3CCO3)c2c1. The summed E-state index contributed by atoms with van der Waals surface area (Å²) < 4.78 is 7.89. The van der Waals surface area contributed by atoms with Crippen LogP contribution in [0.1, 0.15) is 16.8 Å². The van der Waals surface area contributed by atoms with E-state index < -0.39 is 5.97 Å². The van der Waals surface area contributed by atoms with Crippen molar-refractivity contribution in [2.75, 3.05) is 6.61 Å². The highest BCUT2D eigenvalue weighted by atomic mass is 32.1. The number of aromatic nitrogens is 2. The summed E-state index contributed by atoms with van der Waals surface area (Å²) in [6.07, 6.45) is 1.21. The standard InChI is InChI=1S/C12H12N2O3S/c15-11(16)7-1-2-9-10(5-7)14(12(18)13-9)6-8-3-4-17-8/h1-2,5,8H,3-4,6H2,(H,13,18)(H,15,16)/t8-/m0/s1. The van der Waals surface area contributed by atoms with Gasteiger partial charge >= 0.3 is 5.97 Å². The molecule has 1 saturated heterocycles.